The van der Waals surface area contributed by atoms with Crippen LogP contribution >= 0.6 is 23.2 Å². The molecular formula is C17H12Cl2N2O3. The lowest BCUT2D eigenvalue weighted by molar-refractivity contribution is -0.384. The number of nitriles is 1. The van der Waals surface area contributed by atoms with Crippen LogP contribution in [0.5, 0.6) is 5.75 Å². The molecule has 0 unspecified atom stereocenters. The Morgan fingerprint density at radius 1 is 1.33 bits per heavy atom. The van der Waals surface area contributed by atoms with Gasteiger partial charge < -0.3 is 4.74 Å². The smallest absolute Gasteiger partial charge is 0.270 e. The number of non-ortho nitro benzene ring substituents is 1. The number of nitrogens with zero attached hydrogens (tertiary/aromatic N) is 2. The van der Waals surface area contributed by atoms with Crippen molar-refractivity contribution in [3.8, 4) is 11.8 Å². The van der Waals surface area contributed by atoms with E-state index in [9.17, 15) is 15.4 Å². The minimum Gasteiger partial charge on any atom is -0.491 e. The molecule has 24 heavy (non-hydrogen) atoms. The van der Waals surface area contributed by atoms with Crippen LogP contribution in [-0.4, -0.2) is 11.5 Å². The number of nitro groups is 1. The highest BCUT2D eigenvalue weighted by Crippen LogP contribution is 2.35. The number of allylic oxidation sites excluding steroid dienone is 1. The summed E-state index contributed by atoms with van der Waals surface area (Å²) in [6.45, 7) is 2.24. The molecule has 0 heterocycles. The summed E-state index contributed by atoms with van der Waals surface area (Å²) in [7, 11) is 0. The second-order valence-corrected chi connectivity index (χ2v) is 5.54. The maximum atomic E-state index is 10.9. The summed E-state index contributed by atoms with van der Waals surface area (Å²) in [6.07, 6.45) is 1.56. The van der Waals surface area contributed by atoms with E-state index in [4.69, 9.17) is 27.9 Å². The number of ether oxygens (including phenoxy) is 1. The Kier molecular flexibility index (Phi) is 5.80. The lowest BCUT2D eigenvalue weighted by Crippen LogP contribution is -1.94. The number of nitro benzene ring substituents is 1. The van der Waals surface area contributed by atoms with Gasteiger partial charge in [-0.05, 0) is 36.3 Å². The zero-order valence-corrected chi connectivity index (χ0v) is 14.1. The van der Waals surface area contributed by atoms with E-state index in [-0.39, 0.29) is 11.3 Å². The highest BCUT2D eigenvalue weighted by molar-refractivity contribution is 6.37. The summed E-state index contributed by atoms with van der Waals surface area (Å²) in [5.41, 5.74) is 1.20. The molecule has 0 spiro atoms. The van der Waals surface area contributed by atoms with Gasteiger partial charge in [-0.2, -0.15) is 5.26 Å². The minimum absolute atomic E-state index is 0.0867. The summed E-state index contributed by atoms with van der Waals surface area (Å²) in [6, 6.07) is 11.1. The van der Waals surface area contributed by atoms with Gasteiger partial charge in [0.1, 0.15) is 0 Å². The first-order valence-electron chi connectivity index (χ1n) is 6.94. The second kappa shape index (κ2) is 7.82. The summed E-state index contributed by atoms with van der Waals surface area (Å²) in [5, 5.41) is 20.9. The molecule has 0 saturated carbocycles. The molecule has 0 aliphatic carbocycles. The van der Waals surface area contributed by atoms with Crippen LogP contribution in [0.2, 0.25) is 10.0 Å². The molecule has 7 heteroatoms. The molecule has 2 aromatic carbocycles. The van der Waals surface area contributed by atoms with E-state index in [1.807, 2.05) is 13.0 Å². The number of halogens is 2. The fourth-order valence-corrected chi connectivity index (χ4v) is 2.69. The molecule has 0 amide bonds. The first kappa shape index (κ1) is 17.8. The van der Waals surface area contributed by atoms with Gasteiger partial charge in [-0.3, -0.25) is 10.1 Å². The lowest BCUT2D eigenvalue weighted by atomic mass is 10.0. The normalized spacial score (nSPS) is 11.0. The number of hydrogen-bond donors (Lipinski definition) is 0. The fourth-order valence-electron chi connectivity index (χ4n) is 2.08. The van der Waals surface area contributed by atoms with Crippen LogP contribution in [0, 0.1) is 21.4 Å². The van der Waals surface area contributed by atoms with E-state index in [1.54, 1.807) is 24.3 Å². The Labute approximate surface area is 148 Å². The van der Waals surface area contributed by atoms with Gasteiger partial charge >= 0.3 is 0 Å². The molecule has 122 valence electrons. The van der Waals surface area contributed by atoms with Crippen LogP contribution in [0.4, 0.5) is 5.69 Å². The molecule has 0 aliphatic rings. The topological polar surface area (TPSA) is 76.2 Å². The molecule has 0 saturated heterocycles. The quantitative estimate of drug-likeness (QED) is 0.310. The molecule has 0 radical (unpaired) electrons. The molecule has 0 aliphatic heterocycles. The summed E-state index contributed by atoms with van der Waals surface area (Å²) in [4.78, 5) is 10.4. The highest BCUT2D eigenvalue weighted by atomic mass is 35.5. The summed E-state index contributed by atoms with van der Waals surface area (Å²) >= 11 is 12.3. The number of rotatable bonds is 5. The third kappa shape index (κ3) is 4.05. The predicted molar refractivity (Wildman–Crippen MR) is 94.2 cm³/mol. The Morgan fingerprint density at radius 2 is 2.00 bits per heavy atom. The Balaban J connectivity index is 2.47. The van der Waals surface area contributed by atoms with Crippen molar-refractivity contribution in [3.63, 3.8) is 0 Å². The molecular weight excluding hydrogens is 351 g/mol. The molecule has 2 rings (SSSR count). The summed E-state index contributed by atoms with van der Waals surface area (Å²) < 4.78 is 5.36. The Hall–Kier alpha value is -2.55. The predicted octanol–water partition coefficient (Wildman–Crippen LogP) is 5.36. The number of hydrogen-bond acceptors (Lipinski definition) is 4. The van der Waals surface area contributed by atoms with Crippen molar-refractivity contribution in [2.24, 2.45) is 0 Å². The fraction of sp³-hybridized carbons (Fsp3) is 0.118. The van der Waals surface area contributed by atoms with Crippen LogP contribution in [-0.2, 0) is 0 Å². The van der Waals surface area contributed by atoms with Crippen molar-refractivity contribution in [2.45, 2.75) is 6.92 Å². The van der Waals surface area contributed by atoms with Gasteiger partial charge in [0.2, 0.25) is 0 Å². The van der Waals surface area contributed by atoms with E-state index < -0.39 is 4.92 Å². The van der Waals surface area contributed by atoms with Crippen LogP contribution in [0.1, 0.15) is 18.1 Å². The molecule has 0 atom stereocenters. The molecule has 2 aromatic rings. The van der Waals surface area contributed by atoms with Gasteiger partial charge in [-0.25, -0.2) is 0 Å². The van der Waals surface area contributed by atoms with Gasteiger partial charge in [0.15, 0.2) is 5.75 Å². The van der Waals surface area contributed by atoms with Crippen LogP contribution in [0.3, 0.4) is 0 Å². The zero-order chi connectivity index (χ0) is 17.7. The van der Waals surface area contributed by atoms with Gasteiger partial charge in [0, 0.05) is 12.1 Å². The van der Waals surface area contributed by atoms with Crippen molar-refractivity contribution in [1.29, 1.82) is 5.26 Å². The van der Waals surface area contributed by atoms with Crippen molar-refractivity contribution in [2.75, 3.05) is 6.61 Å². The SMILES string of the molecule is CCOc1c(Cl)cc(C=C(C#N)c2cccc([N+](=O)[O-])c2)cc1Cl. The van der Waals surface area contributed by atoms with E-state index >= 15 is 0 Å². The van der Waals surface area contributed by atoms with Crippen molar-refractivity contribution < 1.29 is 9.66 Å². The van der Waals surface area contributed by atoms with Crippen molar-refractivity contribution >= 4 is 40.5 Å². The minimum atomic E-state index is -0.511. The maximum Gasteiger partial charge on any atom is 0.270 e. The largest absolute Gasteiger partial charge is 0.491 e. The van der Waals surface area contributed by atoms with Crippen LogP contribution in [0.15, 0.2) is 36.4 Å². The van der Waals surface area contributed by atoms with E-state index in [2.05, 4.69) is 0 Å². The van der Waals surface area contributed by atoms with Crippen LogP contribution in [0.25, 0.3) is 11.6 Å². The zero-order valence-electron chi connectivity index (χ0n) is 12.6. The third-order valence-corrected chi connectivity index (χ3v) is 3.67. The third-order valence-electron chi connectivity index (χ3n) is 3.11. The second-order valence-electron chi connectivity index (χ2n) is 4.72. The summed E-state index contributed by atoms with van der Waals surface area (Å²) in [5.74, 6) is 0.381. The first-order valence-corrected chi connectivity index (χ1v) is 7.70. The molecule has 5 nitrogen and oxygen atoms in total. The number of benzene rings is 2. The monoisotopic (exact) mass is 362 g/mol. The average molecular weight is 363 g/mol. The van der Waals surface area contributed by atoms with Crippen molar-refractivity contribution in [1.82, 2.24) is 0 Å². The Bertz CT molecular complexity index is 834. The lowest BCUT2D eigenvalue weighted by Gasteiger charge is -2.09. The molecule has 0 N–H and O–H groups in total. The molecule has 0 aromatic heterocycles. The first-order chi connectivity index (χ1) is 11.5. The maximum absolute atomic E-state index is 10.9. The molecule has 0 bridgehead atoms. The van der Waals surface area contributed by atoms with E-state index in [0.717, 1.165) is 0 Å². The van der Waals surface area contributed by atoms with Crippen molar-refractivity contribution in [3.05, 3.63) is 67.7 Å². The average Bonchev–Trinajstić information content (AvgIpc) is 2.56. The van der Waals surface area contributed by atoms with Gasteiger partial charge in [0.05, 0.1) is 33.2 Å². The Morgan fingerprint density at radius 3 is 2.54 bits per heavy atom. The van der Waals surface area contributed by atoms with Gasteiger partial charge in [0.25, 0.3) is 5.69 Å². The van der Waals surface area contributed by atoms with Crippen LogP contribution < -0.4 is 4.74 Å². The highest BCUT2D eigenvalue weighted by Gasteiger charge is 2.11. The van der Waals surface area contributed by atoms with Gasteiger partial charge in [-0.1, -0.05) is 35.3 Å². The van der Waals surface area contributed by atoms with E-state index in [0.29, 0.717) is 33.5 Å². The standard InChI is InChI=1S/C17H12Cl2N2O3/c1-2-24-17-15(18)7-11(8-16(17)19)6-13(10-20)12-4-3-5-14(9-12)21(22)23/h3-9H,2H2,1H3. The van der Waals surface area contributed by atoms with E-state index in [1.165, 1.54) is 18.2 Å². The molecule has 0 fully saturated rings. The van der Waals surface area contributed by atoms with Gasteiger partial charge in [-0.15, -0.1) is 0 Å².